The van der Waals surface area contributed by atoms with Crippen LogP contribution in [0.15, 0.2) is 35.5 Å². The number of hydrogen-bond donors (Lipinski definition) is 2. The maximum atomic E-state index is 12.6. The summed E-state index contributed by atoms with van der Waals surface area (Å²) < 4.78 is 1.98. The van der Waals surface area contributed by atoms with Gasteiger partial charge in [-0.25, -0.2) is 4.98 Å². The summed E-state index contributed by atoms with van der Waals surface area (Å²) in [5.74, 6) is 0.890. The molecule has 0 aliphatic carbocycles. The zero-order valence-corrected chi connectivity index (χ0v) is 20.5. The highest BCUT2D eigenvalue weighted by atomic mass is 32.2. The average molecular weight is 473 g/mol. The second-order valence-corrected chi connectivity index (χ2v) is 10.0. The summed E-state index contributed by atoms with van der Waals surface area (Å²) in [6.07, 6.45) is 0. The first-order chi connectivity index (χ1) is 15.2. The molecule has 0 aliphatic heterocycles. The van der Waals surface area contributed by atoms with E-state index in [0.717, 1.165) is 10.6 Å². The molecular weight excluding hydrogens is 444 g/mol. The third-order valence-corrected chi connectivity index (χ3v) is 6.63. The first kappa shape index (κ1) is 23.9. The lowest BCUT2D eigenvalue weighted by atomic mass is 10.2. The van der Waals surface area contributed by atoms with Gasteiger partial charge in [0.2, 0.25) is 5.91 Å². The lowest BCUT2D eigenvalue weighted by molar-refractivity contribution is -0.113. The van der Waals surface area contributed by atoms with Crippen molar-refractivity contribution in [3.63, 3.8) is 0 Å². The molecule has 0 saturated carbocycles. The van der Waals surface area contributed by atoms with Gasteiger partial charge in [-0.3, -0.25) is 9.59 Å². The van der Waals surface area contributed by atoms with E-state index < -0.39 is 0 Å². The maximum absolute atomic E-state index is 12.6. The van der Waals surface area contributed by atoms with Gasteiger partial charge in [0.15, 0.2) is 16.1 Å². The van der Waals surface area contributed by atoms with Crippen molar-refractivity contribution in [2.45, 2.75) is 52.4 Å². The summed E-state index contributed by atoms with van der Waals surface area (Å²) in [7, 11) is 0. The number of aryl methyl sites for hydroxylation is 2. The number of hydrogen-bond acceptors (Lipinski definition) is 7. The smallest absolute Gasteiger partial charge is 0.251 e. The Morgan fingerprint density at radius 1 is 1.12 bits per heavy atom. The van der Waals surface area contributed by atoms with E-state index in [4.69, 9.17) is 0 Å². The third kappa shape index (κ3) is 6.17. The van der Waals surface area contributed by atoms with Crippen molar-refractivity contribution in [3.05, 3.63) is 52.3 Å². The van der Waals surface area contributed by atoms with Crippen LogP contribution in [0.1, 0.15) is 53.6 Å². The SMILES string of the molecule is Cc1nc(NC(=O)CSc2nnc([C@@H](C)NC(=O)c3ccccc3)n2CC(C)C)sc1C. The van der Waals surface area contributed by atoms with Gasteiger partial charge in [-0.05, 0) is 38.8 Å². The van der Waals surface area contributed by atoms with E-state index in [1.54, 1.807) is 12.1 Å². The van der Waals surface area contributed by atoms with E-state index in [9.17, 15) is 9.59 Å². The molecule has 1 atom stereocenters. The van der Waals surface area contributed by atoms with Gasteiger partial charge in [0.05, 0.1) is 17.5 Å². The number of rotatable bonds is 9. The molecule has 0 fully saturated rings. The number of amides is 2. The lowest BCUT2D eigenvalue weighted by Gasteiger charge is -2.17. The number of carbonyl (C=O) groups is 2. The Hall–Kier alpha value is -2.72. The monoisotopic (exact) mass is 472 g/mol. The topological polar surface area (TPSA) is 102 Å². The minimum atomic E-state index is -0.335. The van der Waals surface area contributed by atoms with Crippen molar-refractivity contribution in [2.75, 3.05) is 11.1 Å². The number of thioether (sulfide) groups is 1. The largest absolute Gasteiger partial charge is 0.342 e. The number of benzene rings is 1. The van der Waals surface area contributed by atoms with Crippen molar-refractivity contribution < 1.29 is 9.59 Å². The molecule has 2 aromatic heterocycles. The molecule has 32 heavy (non-hydrogen) atoms. The molecule has 8 nitrogen and oxygen atoms in total. The summed E-state index contributed by atoms with van der Waals surface area (Å²) in [5.41, 5.74) is 1.51. The second kappa shape index (κ2) is 10.7. The highest BCUT2D eigenvalue weighted by Crippen LogP contribution is 2.24. The molecule has 1 aromatic carbocycles. The Balaban J connectivity index is 1.68. The minimum absolute atomic E-state index is 0.144. The molecule has 2 heterocycles. The third-order valence-electron chi connectivity index (χ3n) is 4.67. The number of aromatic nitrogens is 4. The van der Waals surface area contributed by atoms with Gasteiger partial charge < -0.3 is 15.2 Å². The summed E-state index contributed by atoms with van der Waals surface area (Å²) in [5, 5.41) is 15.7. The normalized spacial score (nSPS) is 12.1. The first-order valence-electron chi connectivity index (χ1n) is 10.4. The van der Waals surface area contributed by atoms with Crippen molar-refractivity contribution in [1.29, 1.82) is 0 Å². The number of carbonyl (C=O) groups excluding carboxylic acids is 2. The van der Waals surface area contributed by atoms with Crippen LogP contribution in [0.3, 0.4) is 0 Å². The van der Waals surface area contributed by atoms with Crippen LogP contribution in [0.2, 0.25) is 0 Å². The van der Waals surface area contributed by atoms with Crippen LogP contribution in [0, 0.1) is 19.8 Å². The van der Waals surface area contributed by atoms with E-state index in [1.807, 2.05) is 43.5 Å². The van der Waals surface area contributed by atoms with Gasteiger partial charge in [-0.1, -0.05) is 43.8 Å². The van der Waals surface area contributed by atoms with E-state index in [0.29, 0.717) is 34.1 Å². The molecule has 3 aromatic rings. The van der Waals surface area contributed by atoms with Crippen molar-refractivity contribution in [3.8, 4) is 0 Å². The van der Waals surface area contributed by atoms with Crippen LogP contribution in [0.4, 0.5) is 5.13 Å². The van der Waals surface area contributed by atoms with Crippen LogP contribution >= 0.6 is 23.1 Å². The van der Waals surface area contributed by atoms with Gasteiger partial charge >= 0.3 is 0 Å². The number of nitrogens with zero attached hydrogens (tertiary/aromatic N) is 4. The molecule has 0 unspecified atom stereocenters. The maximum Gasteiger partial charge on any atom is 0.251 e. The molecule has 2 N–H and O–H groups in total. The first-order valence-corrected chi connectivity index (χ1v) is 12.2. The second-order valence-electron chi connectivity index (χ2n) is 7.90. The van der Waals surface area contributed by atoms with Gasteiger partial charge in [0, 0.05) is 17.0 Å². The van der Waals surface area contributed by atoms with Crippen molar-refractivity contribution in [1.82, 2.24) is 25.1 Å². The van der Waals surface area contributed by atoms with Crippen LogP contribution in [0.5, 0.6) is 0 Å². The molecule has 170 valence electrons. The minimum Gasteiger partial charge on any atom is -0.342 e. The van der Waals surface area contributed by atoms with E-state index >= 15 is 0 Å². The number of nitrogens with one attached hydrogen (secondary N) is 2. The van der Waals surface area contributed by atoms with Crippen LogP contribution in [-0.2, 0) is 11.3 Å². The quantitative estimate of drug-likeness (QED) is 0.452. The predicted octanol–water partition coefficient (Wildman–Crippen LogP) is 4.23. The fraction of sp³-hybridized carbons (Fsp3) is 0.409. The Kier molecular flexibility index (Phi) is 8.03. The molecule has 0 bridgehead atoms. The average Bonchev–Trinajstić information content (AvgIpc) is 3.28. The van der Waals surface area contributed by atoms with E-state index in [2.05, 4.69) is 39.7 Å². The Morgan fingerprint density at radius 2 is 1.84 bits per heavy atom. The molecule has 2 amide bonds. The van der Waals surface area contributed by atoms with Gasteiger partial charge in [-0.15, -0.1) is 21.5 Å². The highest BCUT2D eigenvalue weighted by Gasteiger charge is 2.21. The summed E-state index contributed by atoms with van der Waals surface area (Å²) >= 11 is 2.78. The van der Waals surface area contributed by atoms with Crippen molar-refractivity contribution >= 4 is 40.0 Å². The van der Waals surface area contributed by atoms with E-state index in [1.165, 1.54) is 23.1 Å². The fourth-order valence-corrected chi connectivity index (χ4v) is 4.60. The van der Waals surface area contributed by atoms with Crippen LogP contribution in [0.25, 0.3) is 0 Å². The summed E-state index contributed by atoms with van der Waals surface area (Å²) in [4.78, 5) is 30.4. The summed E-state index contributed by atoms with van der Waals surface area (Å²) in [6, 6.07) is 8.73. The predicted molar refractivity (Wildman–Crippen MR) is 128 cm³/mol. The molecular formula is C22H28N6O2S2. The Morgan fingerprint density at radius 3 is 2.47 bits per heavy atom. The molecule has 10 heteroatoms. The van der Waals surface area contributed by atoms with Gasteiger partial charge in [-0.2, -0.15) is 0 Å². The van der Waals surface area contributed by atoms with Crippen LogP contribution < -0.4 is 10.6 Å². The molecule has 0 spiro atoms. The molecule has 0 saturated heterocycles. The van der Waals surface area contributed by atoms with Gasteiger partial charge in [0.25, 0.3) is 5.91 Å². The standard InChI is InChI=1S/C22H28N6O2S2/c1-13(2)11-28-19(15(4)23-20(30)17-9-7-6-8-10-17)26-27-22(28)31-12-18(29)25-21-24-14(3)16(5)32-21/h6-10,13,15H,11-12H2,1-5H3,(H,23,30)(H,24,25,29)/t15-/m1/s1. The Labute approximate surface area is 196 Å². The molecule has 3 rings (SSSR count). The highest BCUT2D eigenvalue weighted by molar-refractivity contribution is 7.99. The molecule has 0 radical (unpaired) electrons. The number of anilines is 1. The summed E-state index contributed by atoms with van der Waals surface area (Å²) in [6.45, 7) is 10.7. The number of thiazole rings is 1. The van der Waals surface area contributed by atoms with E-state index in [-0.39, 0.29) is 23.6 Å². The van der Waals surface area contributed by atoms with Crippen LogP contribution in [-0.4, -0.2) is 37.3 Å². The zero-order valence-electron chi connectivity index (χ0n) is 18.9. The zero-order chi connectivity index (χ0) is 23.3. The Bertz CT molecular complexity index is 1060. The van der Waals surface area contributed by atoms with Gasteiger partial charge in [0.1, 0.15) is 0 Å². The molecule has 0 aliphatic rings. The van der Waals surface area contributed by atoms with Crippen molar-refractivity contribution in [2.24, 2.45) is 5.92 Å². The fourth-order valence-electron chi connectivity index (χ4n) is 3.01. The lowest BCUT2D eigenvalue weighted by Crippen LogP contribution is -2.29.